The van der Waals surface area contributed by atoms with Crippen molar-refractivity contribution in [3.8, 4) is 0 Å². The van der Waals surface area contributed by atoms with E-state index in [2.05, 4.69) is 4.99 Å². The Morgan fingerprint density at radius 1 is 0.821 bits per heavy atom. The molecule has 0 spiro atoms. The van der Waals surface area contributed by atoms with Gasteiger partial charge in [-0.2, -0.15) is 0 Å². The van der Waals surface area contributed by atoms with Gasteiger partial charge >= 0.3 is 0 Å². The Balaban J connectivity index is 1.77. The second kappa shape index (κ2) is 6.35. The molecule has 2 unspecified atom stereocenters. The van der Waals surface area contributed by atoms with Crippen LogP contribution in [0.5, 0.6) is 0 Å². The number of ketones is 3. The molecule has 0 bridgehead atoms. The summed E-state index contributed by atoms with van der Waals surface area (Å²) in [4.78, 5) is 44.0. The number of benzene rings is 2. The lowest BCUT2D eigenvalue weighted by molar-refractivity contribution is -0.121. The van der Waals surface area contributed by atoms with Crippen molar-refractivity contribution in [1.82, 2.24) is 0 Å². The Morgan fingerprint density at radius 2 is 1.50 bits per heavy atom. The first-order valence-corrected chi connectivity index (χ1v) is 9.72. The summed E-state index contributed by atoms with van der Waals surface area (Å²) in [5, 5.41) is 0.578. The van der Waals surface area contributed by atoms with Crippen LogP contribution in [0.3, 0.4) is 0 Å². The molecule has 1 fully saturated rings. The highest BCUT2D eigenvalue weighted by Gasteiger charge is 2.47. The molecule has 2 aromatic carbocycles. The molecule has 0 radical (unpaired) electrons. The maximum atomic E-state index is 13.4. The zero-order chi connectivity index (χ0) is 19.4. The van der Waals surface area contributed by atoms with Gasteiger partial charge in [0.25, 0.3) is 0 Å². The first-order chi connectivity index (χ1) is 13.6. The van der Waals surface area contributed by atoms with Crippen molar-refractivity contribution in [2.75, 3.05) is 0 Å². The van der Waals surface area contributed by atoms with E-state index in [0.29, 0.717) is 34.6 Å². The van der Waals surface area contributed by atoms with Crippen molar-refractivity contribution in [3.05, 3.63) is 81.5 Å². The molecule has 0 amide bonds. The highest BCUT2D eigenvalue weighted by atomic mass is 35.5. The van der Waals surface area contributed by atoms with Gasteiger partial charge in [0.1, 0.15) is 11.5 Å². The molecule has 1 aliphatic heterocycles. The summed E-state index contributed by atoms with van der Waals surface area (Å²) in [5.41, 5.74) is 2.83. The van der Waals surface area contributed by atoms with Crippen LogP contribution >= 0.6 is 11.6 Å². The molecule has 0 saturated heterocycles. The molecule has 5 rings (SSSR count). The van der Waals surface area contributed by atoms with Crippen LogP contribution in [0, 0.1) is 5.92 Å². The summed E-state index contributed by atoms with van der Waals surface area (Å²) in [5.74, 6) is -1.37. The van der Waals surface area contributed by atoms with Crippen molar-refractivity contribution in [2.45, 2.75) is 25.2 Å². The number of carbonyl (C=O) groups is 3. The minimum atomic E-state index is -0.502. The Kier molecular flexibility index (Phi) is 3.91. The highest BCUT2D eigenvalue weighted by Crippen LogP contribution is 2.46. The van der Waals surface area contributed by atoms with E-state index in [1.807, 2.05) is 12.1 Å². The zero-order valence-electron chi connectivity index (χ0n) is 14.9. The number of hydrogen-bond donors (Lipinski definition) is 0. The molecule has 2 aliphatic carbocycles. The second-order valence-electron chi connectivity index (χ2n) is 7.40. The van der Waals surface area contributed by atoms with Crippen molar-refractivity contribution < 1.29 is 14.4 Å². The van der Waals surface area contributed by atoms with Crippen LogP contribution in [0.15, 0.2) is 64.8 Å². The predicted octanol–water partition coefficient (Wildman–Crippen LogP) is 4.58. The average Bonchev–Trinajstić information content (AvgIpc) is 2.71. The van der Waals surface area contributed by atoms with Crippen LogP contribution in [0.1, 0.15) is 51.5 Å². The van der Waals surface area contributed by atoms with Crippen LogP contribution in [-0.2, 0) is 4.79 Å². The third-order valence-corrected chi connectivity index (χ3v) is 6.07. The van der Waals surface area contributed by atoms with Gasteiger partial charge < -0.3 is 0 Å². The smallest absolute Gasteiger partial charge is 0.212 e. The molecule has 1 saturated carbocycles. The summed E-state index contributed by atoms with van der Waals surface area (Å²) < 4.78 is 0. The summed E-state index contributed by atoms with van der Waals surface area (Å²) in [6.45, 7) is 0. The number of hydrogen-bond acceptors (Lipinski definition) is 4. The molecule has 2 aromatic rings. The first kappa shape index (κ1) is 17.3. The van der Waals surface area contributed by atoms with E-state index >= 15 is 0 Å². The third-order valence-electron chi connectivity index (χ3n) is 5.82. The Morgan fingerprint density at radius 3 is 2.21 bits per heavy atom. The van der Waals surface area contributed by atoms with Crippen molar-refractivity contribution >= 4 is 34.7 Å². The minimum absolute atomic E-state index is 0.0793. The lowest BCUT2D eigenvalue weighted by Crippen LogP contribution is -2.41. The highest BCUT2D eigenvalue weighted by molar-refractivity contribution is 6.31. The predicted molar refractivity (Wildman–Crippen MR) is 106 cm³/mol. The summed E-state index contributed by atoms with van der Waals surface area (Å²) >= 11 is 6.05. The van der Waals surface area contributed by atoms with E-state index < -0.39 is 11.8 Å². The van der Waals surface area contributed by atoms with Crippen LogP contribution in [-0.4, -0.2) is 23.1 Å². The Bertz CT molecular complexity index is 1110. The largest absolute Gasteiger partial charge is 0.299 e. The van der Waals surface area contributed by atoms with Gasteiger partial charge in [-0.1, -0.05) is 48.0 Å². The molecule has 5 heteroatoms. The first-order valence-electron chi connectivity index (χ1n) is 9.34. The monoisotopic (exact) mass is 389 g/mol. The number of nitrogens with zero attached hydrogens (tertiary/aromatic N) is 1. The molecule has 0 N–H and O–H groups in total. The van der Waals surface area contributed by atoms with Gasteiger partial charge in [-0.15, -0.1) is 0 Å². The van der Waals surface area contributed by atoms with Gasteiger partial charge in [0.15, 0.2) is 5.78 Å². The molecule has 3 aliphatic rings. The fourth-order valence-corrected chi connectivity index (χ4v) is 4.69. The van der Waals surface area contributed by atoms with Crippen LogP contribution < -0.4 is 0 Å². The third kappa shape index (κ3) is 2.45. The summed E-state index contributed by atoms with van der Waals surface area (Å²) in [6.07, 6.45) is 1.86. The van der Waals surface area contributed by atoms with E-state index in [-0.39, 0.29) is 23.0 Å². The molecule has 2 atom stereocenters. The molecule has 28 heavy (non-hydrogen) atoms. The van der Waals surface area contributed by atoms with Gasteiger partial charge in [0.05, 0.1) is 5.92 Å². The fraction of sp³-hybridized carbons (Fsp3) is 0.217. The normalized spacial score (nSPS) is 23.8. The van der Waals surface area contributed by atoms with Gasteiger partial charge in [0, 0.05) is 39.8 Å². The van der Waals surface area contributed by atoms with Gasteiger partial charge in [-0.05, 0) is 30.5 Å². The number of carbonyl (C=O) groups excluding carboxylic acids is 3. The number of allylic oxidation sites excluding steroid dienone is 2. The number of aliphatic imine (C=N–C) groups is 1. The van der Waals surface area contributed by atoms with Gasteiger partial charge in [-0.25, -0.2) is 0 Å². The SMILES string of the molecule is O=C1C2=C(C(=O)c3ccccc31)C(c1ccc(Cl)cc1)C1C(=O)CCCC1=N2. The maximum Gasteiger partial charge on any atom is 0.212 e. The van der Waals surface area contributed by atoms with E-state index in [1.165, 1.54) is 0 Å². The second-order valence-corrected chi connectivity index (χ2v) is 7.83. The number of halogens is 1. The topological polar surface area (TPSA) is 63.6 Å². The molecule has 1 heterocycles. The van der Waals surface area contributed by atoms with Crippen LogP contribution in [0.25, 0.3) is 0 Å². The molecular formula is C23H16ClNO3. The zero-order valence-corrected chi connectivity index (χ0v) is 15.7. The molecular weight excluding hydrogens is 374 g/mol. The van der Waals surface area contributed by atoms with E-state index in [9.17, 15) is 14.4 Å². The van der Waals surface area contributed by atoms with Crippen LogP contribution in [0.4, 0.5) is 0 Å². The summed E-state index contributed by atoms with van der Waals surface area (Å²) in [6, 6.07) is 14.0. The lowest BCUT2D eigenvalue weighted by Gasteiger charge is -2.37. The Labute approximate surface area is 166 Å². The van der Waals surface area contributed by atoms with Gasteiger partial charge in [-0.3, -0.25) is 19.4 Å². The quantitative estimate of drug-likeness (QED) is 0.717. The minimum Gasteiger partial charge on any atom is -0.299 e. The van der Waals surface area contributed by atoms with E-state index in [1.54, 1.807) is 36.4 Å². The molecule has 0 aromatic heterocycles. The van der Waals surface area contributed by atoms with E-state index in [0.717, 1.165) is 17.7 Å². The van der Waals surface area contributed by atoms with E-state index in [4.69, 9.17) is 11.6 Å². The maximum absolute atomic E-state index is 13.4. The standard InChI is InChI=1S/C23H16ClNO3/c24-13-10-8-12(9-11-13)18-19-16(6-3-7-17(19)26)25-21-20(18)22(27)14-4-1-2-5-15(14)23(21)28/h1-2,4-5,8-11,18-19H,3,6-7H2. The number of rotatable bonds is 1. The lowest BCUT2D eigenvalue weighted by atomic mass is 9.66. The van der Waals surface area contributed by atoms with Crippen molar-refractivity contribution in [1.29, 1.82) is 0 Å². The fourth-order valence-electron chi connectivity index (χ4n) is 4.56. The average molecular weight is 390 g/mol. The molecule has 138 valence electrons. The number of Topliss-reactive ketones (excluding diaryl/α,β-unsaturated/α-hetero) is 3. The molecule has 4 nitrogen and oxygen atoms in total. The Hall–Kier alpha value is -2.85. The van der Waals surface area contributed by atoms with Crippen molar-refractivity contribution in [2.24, 2.45) is 10.9 Å². The summed E-state index contributed by atoms with van der Waals surface area (Å²) in [7, 11) is 0. The number of fused-ring (bicyclic) bond motifs is 2. The van der Waals surface area contributed by atoms with Gasteiger partial charge in [0.2, 0.25) is 5.78 Å². The van der Waals surface area contributed by atoms with Crippen LogP contribution in [0.2, 0.25) is 5.02 Å². The van der Waals surface area contributed by atoms with Crippen molar-refractivity contribution in [3.63, 3.8) is 0 Å².